The van der Waals surface area contributed by atoms with Gasteiger partial charge in [-0.3, -0.25) is 0 Å². The summed E-state index contributed by atoms with van der Waals surface area (Å²) in [6.45, 7) is 1.98. The van der Waals surface area contributed by atoms with Crippen molar-refractivity contribution < 1.29 is 13.9 Å². The van der Waals surface area contributed by atoms with Crippen LogP contribution in [0, 0.1) is 9.39 Å². The molecule has 1 aromatic heterocycles. The molecule has 0 saturated heterocycles. The van der Waals surface area contributed by atoms with Gasteiger partial charge in [0, 0.05) is 3.57 Å². The molecule has 0 fully saturated rings. The van der Waals surface area contributed by atoms with Gasteiger partial charge < -0.3 is 15.8 Å². The fraction of sp³-hybridized carbons (Fsp3) is 0.143. The number of esters is 1. The van der Waals surface area contributed by atoms with Crippen molar-refractivity contribution in [1.29, 1.82) is 0 Å². The number of hydrogen-bond donors (Lipinski definition) is 2. The van der Waals surface area contributed by atoms with Gasteiger partial charge >= 0.3 is 5.97 Å². The quantitative estimate of drug-likeness (QED) is 0.607. The molecule has 0 saturated carbocycles. The number of nitrogens with zero attached hydrogens (tertiary/aromatic N) is 1. The number of anilines is 3. The van der Waals surface area contributed by atoms with Crippen molar-refractivity contribution in [3.8, 4) is 0 Å². The van der Waals surface area contributed by atoms with Gasteiger partial charge in [-0.05, 0) is 53.8 Å². The molecule has 2 aromatic rings. The maximum atomic E-state index is 13.1. The molecular formula is C14H13FIN3O2. The Labute approximate surface area is 134 Å². The minimum absolute atomic E-state index is 0.242. The van der Waals surface area contributed by atoms with Crippen molar-refractivity contribution in [3.05, 3.63) is 45.4 Å². The van der Waals surface area contributed by atoms with Crippen LogP contribution in [-0.2, 0) is 4.74 Å². The van der Waals surface area contributed by atoms with E-state index in [9.17, 15) is 9.18 Å². The summed E-state index contributed by atoms with van der Waals surface area (Å²) >= 11 is 2.01. The summed E-state index contributed by atoms with van der Waals surface area (Å²) in [5.74, 6) is -0.395. The van der Waals surface area contributed by atoms with Crippen LogP contribution in [0.5, 0.6) is 0 Å². The predicted molar refractivity (Wildman–Crippen MR) is 87.0 cm³/mol. The number of pyridine rings is 1. The Kier molecular flexibility index (Phi) is 4.94. The molecule has 0 aliphatic rings. The highest BCUT2D eigenvalue weighted by atomic mass is 127. The standard InChI is InChI=1S/C14H13FIN3O2/c1-2-21-14(20)9-6-13(18-7-11(9)17)19-12-4-3-8(15)5-10(12)16/h3-7H,2,17H2,1H3,(H,18,19). The molecule has 7 heteroatoms. The van der Waals surface area contributed by atoms with Gasteiger partial charge in [0.1, 0.15) is 11.6 Å². The van der Waals surface area contributed by atoms with E-state index < -0.39 is 5.97 Å². The Morgan fingerprint density at radius 3 is 2.90 bits per heavy atom. The van der Waals surface area contributed by atoms with Gasteiger partial charge in [0.15, 0.2) is 0 Å². The molecule has 1 aromatic carbocycles. The second-order valence-electron chi connectivity index (χ2n) is 4.13. The number of aromatic nitrogens is 1. The van der Waals surface area contributed by atoms with Crippen LogP contribution < -0.4 is 11.1 Å². The molecule has 3 N–H and O–H groups in total. The maximum absolute atomic E-state index is 13.1. The largest absolute Gasteiger partial charge is 0.462 e. The van der Waals surface area contributed by atoms with E-state index in [2.05, 4.69) is 10.3 Å². The summed E-state index contributed by atoms with van der Waals surface area (Å²) < 4.78 is 18.7. The zero-order valence-electron chi connectivity index (χ0n) is 11.2. The molecule has 0 atom stereocenters. The van der Waals surface area contributed by atoms with Crippen LogP contribution in [0.15, 0.2) is 30.5 Å². The number of halogens is 2. The molecule has 0 radical (unpaired) electrons. The topological polar surface area (TPSA) is 77.2 Å². The summed E-state index contributed by atoms with van der Waals surface area (Å²) in [7, 11) is 0. The zero-order chi connectivity index (χ0) is 15.4. The van der Waals surface area contributed by atoms with Gasteiger partial charge in [-0.15, -0.1) is 0 Å². The average Bonchev–Trinajstić information content (AvgIpc) is 2.44. The number of hydrogen-bond acceptors (Lipinski definition) is 5. The lowest BCUT2D eigenvalue weighted by Crippen LogP contribution is -2.09. The summed E-state index contributed by atoms with van der Waals surface area (Å²) in [6, 6.07) is 5.84. The highest BCUT2D eigenvalue weighted by Gasteiger charge is 2.13. The first-order valence-electron chi connectivity index (χ1n) is 6.16. The number of ether oxygens (including phenoxy) is 1. The molecule has 0 aliphatic heterocycles. The van der Waals surface area contributed by atoms with Crippen molar-refractivity contribution in [2.45, 2.75) is 6.92 Å². The first-order chi connectivity index (χ1) is 10.0. The third-order valence-corrected chi connectivity index (χ3v) is 3.52. The lowest BCUT2D eigenvalue weighted by atomic mass is 10.2. The van der Waals surface area contributed by atoms with E-state index in [1.54, 1.807) is 13.0 Å². The Balaban J connectivity index is 2.28. The number of benzene rings is 1. The molecule has 0 unspecified atom stereocenters. The second kappa shape index (κ2) is 6.70. The van der Waals surface area contributed by atoms with E-state index in [0.29, 0.717) is 15.1 Å². The molecule has 0 aliphatic carbocycles. The van der Waals surface area contributed by atoms with Gasteiger partial charge in [-0.1, -0.05) is 0 Å². The highest BCUT2D eigenvalue weighted by molar-refractivity contribution is 14.1. The molecule has 2 rings (SSSR count). The van der Waals surface area contributed by atoms with Crippen molar-refractivity contribution >= 4 is 45.8 Å². The molecule has 110 valence electrons. The van der Waals surface area contributed by atoms with Gasteiger partial charge in [-0.25, -0.2) is 14.2 Å². The Bertz CT molecular complexity index is 679. The van der Waals surface area contributed by atoms with Crippen LogP contribution in [0.1, 0.15) is 17.3 Å². The monoisotopic (exact) mass is 401 g/mol. The number of carbonyl (C=O) groups is 1. The number of nitrogen functional groups attached to an aromatic ring is 1. The van der Waals surface area contributed by atoms with Crippen molar-refractivity contribution in [3.63, 3.8) is 0 Å². The lowest BCUT2D eigenvalue weighted by molar-refractivity contribution is 0.0527. The third kappa shape index (κ3) is 3.81. The zero-order valence-corrected chi connectivity index (χ0v) is 13.3. The van der Waals surface area contributed by atoms with Crippen LogP contribution in [0.3, 0.4) is 0 Å². The van der Waals surface area contributed by atoms with Crippen LogP contribution >= 0.6 is 22.6 Å². The number of carbonyl (C=O) groups excluding carboxylic acids is 1. The molecule has 21 heavy (non-hydrogen) atoms. The van der Waals surface area contributed by atoms with Gasteiger partial charge in [0.2, 0.25) is 0 Å². The van der Waals surface area contributed by atoms with Gasteiger partial charge in [0.05, 0.1) is 29.7 Å². The first-order valence-corrected chi connectivity index (χ1v) is 7.24. The Morgan fingerprint density at radius 1 is 1.48 bits per heavy atom. The van der Waals surface area contributed by atoms with E-state index in [0.717, 1.165) is 0 Å². The minimum Gasteiger partial charge on any atom is -0.462 e. The smallest absolute Gasteiger partial charge is 0.340 e. The van der Waals surface area contributed by atoms with E-state index in [1.165, 1.54) is 24.4 Å². The average molecular weight is 401 g/mol. The summed E-state index contributed by atoms with van der Waals surface area (Å²) in [4.78, 5) is 15.9. The fourth-order valence-electron chi connectivity index (χ4n) is 1.65. The van der Waals surface area contributed by atoms with E-state index in [4.69, 9.17) is 10.5 Å². The summed E-state index contributed by atoms with van der Waals surface area (Å²) in [6.07, 6.45) is 1.38. The second-order valence-corrected chi connectivity index (χ2v) is 5.29. The number of rotatable bonds is 4. The van der Waals surface area contributed by atoms with Gasteiger partial charge in [0.25, 0.3) is 0 Å². The normalized spacial score (nSPS) is 10.2. The van der Waals surface area contributed by atoms with Crippen LogP contribution in [-0.4, -0.2) is 17.6 Å². The minimum atomic E-state index is -0.505. The fourth-order valence-corrected chi connectivity index (χ4v) is 2.26. The SMILES string of the molecule is CCOC(=O)c1cc(Nc2ccc(F)cc2I)ncc1N. The molecular weight excluding hydrogens is 388 g/mol. The predicted octanol–water partition coefficient (Wildman–Crippen LogP) is 3.33. The molecule has 1 heterocycles. The number of nitrogens with one attached hydrogen (secondary N) is 1. The van der Waals surface area contributed by atoms with Crippen LogP contribution in [0.4, 0.5) is 21.6 Å². The summed E-state index contributed by atoms with van der Waals surface area (Å²) in [5.41, 5.74) is 6.89. The van der Waals surface area contributed by atoms with Crippen LogP contribution in [0.2, 0.25) is 0 Å². The third-order valence-electron chi connectivity index (χ3n) is 2.62. The maximum Gasteiger partial charge on any atom is 0.340 e. The highest BCUT2D eigenvalue weighted by Crippen LogP contribution is 2.24. The first kappa shape index (κ1) is 15.5. The molecule has 0 amide bonds. The molecule has 0 spiro atoms. The van der Waals surface area contributed by atoms with E-state index in [1.807, 2.05) is 22.6 Å². The van der Waals surface area contributed by atoms with Crippen molar-refractivity contribution in [1.82, 2.24) is 4.98 Å². The lowest BCUT2D eigenvalue weighted by Gasteiger charge is -2.10. The van der Waals surface area contributed by atoms with Gasteiger partial charge in [-0.2, -0.15) is 0 Å². The van der Waals surface area contributed by atoms with Crippen molar-refractivity contribution in [2.24, 2.45) is 0 Å². The number of nitrogens with two attached hydrogens (primary N) is 1. The Morgan fingerprint density at radius 2 is 2.24 bits per heavy atom. The van der Waals surface area contributed by atoms with Crippen molar-refractivity contribution in [2.75, 3.05) is 17.7 Å². The summed E-state index contributed by atoms with van der Waals surface area (Å²) in [5, 5.41) is 3.02. The van der Waals surface area contributed by atoms with E-state index >= 15 is 0 Å². The Hall–Kier alpha value is -1.90. The molecule has 0 bridgehead atoms. The van der Waals surface area contributed by atoms with Crippen LogP contribution in [0.25, 0.3) is 0 Å². The molecule has 5 nitrogen and oxygen atoms in total. The van der Waals surface area contributed by atoms with E-state index in [-0.39, 0.29) is 23.7 Å².